The number of piperidine rings is 1. The number of carbonyl (C=O) groups excluding carboxylic acids is 3. The van der Waals surface area contributed by atoms with E-state index < -0.39 is 29.6 Å². The molecule has 1 atom stereocenters. The molecule has 2 heterocycles. The van der Waals surface area contributed by atoms with E-state index in [0.29, 0.717) is 56.1 Å². The van der Waals surface area contributed by atoms with Crippen LogP contribution in [0.3, 0.4) is 0 Å². The van der Waals surface area contributed by atoms with Crippen molar-refractivity contribution in [2.75, 3.05) is 38.1 Å². The van der Waals surface area contributed by atoms with Crippen LogP contribution in [0.4, 0.5) is 18.9 Å². The molecule has 3 N–H and O–H groups in total. The zero-order valence-corrected chi connectivity index (χ0v) is 25.6. The number of carbonyl (C=O) groups is 3. The Balaban J connectivity index is 1.43. The van der Waals surface area contributed by atoms with Gasteiger partial charge in [-0.1, -0.05) is 43.7 Å². The maximum atomic E-state index is 13.4. The topological polar surface area (TPSA) is 99.8 Å². The number of ether oxygens (including phenoxy) is 1. The Labute approximate surface area is 260 Å². The van der Waals surface area contributed by atoms with Gasteiger partial charge >= 0.3 is 6.18 Å². The van der Waals surface area contributed by atoms with Gasteiger partial charge < -0.3 is 20.7 Å². The second kappa shape index (κ2) is 14.5. The quantitative estimate of drug-likeness (QED) is 0.368. The van der Waals surface area contributed by atoms with Crippen LogP contribution in [0.1, 0.15) is 55.5 Å². The lowest BCUT2D eigenvalue weighted by Crippen LogP contribution is -2.52. The number of halogens is 4. The predicted molar refractivity (Wildman–Crippen MR) is 163 cm³/mol. The normalized spacial score (nSPS) is 20.6. The molecule has 3 amide bonds. The van der Waals surface area contributed by atoms with E-state index in [0.717, 1.165) is 12.1 Å². The molecule has 0 aromatic heterocycles. The third-order valence-electron chi connectivity index (χ3n) is 7.96. The Morgan fingerprint density at radius 2 is 1.89 bits per heavy atom. The molecule has 4 rings (SSSR count). The molecule has 2 aromatic rings. The maximum absolute atomic E-state index is 13.4. The fourth-order valence-electron chi connectivity index (χ4n) is 5.50. The monoisotopic (exact) mass is 634 g/mol. The first kappa shape index (κ1) is 33.3. The SMILES string of the molecule is CC(C)C[C@@H]1NC(=O)c2cc(Cl)ccc2OC/C=C/CC2(CCN(CC(=O)Nc3cccc(C(F)(F)F)c3)CC2)CNC1=O. The first-order valence-electron chi connectivity index (χ1n) is 14.7. The van der Waals surface area contributed by atoms with Gasteiger partial charge in [-0.3, -0.25) is 19.3 Å². The number of anilines is 1. The molecule has 0 bridgehead atoms. The summed E-state index contributed by atoms with van der Waals surface area (Å²) in [5.74, 6) is -0.618. The molecule has 8 nitrogen and oxygen atoms in total. The predicted octanol–water partition coefficient (Wildman–Crippen LogP) is 5.68. The Hall–Kier alpha value is -3.57. The van der Waals surface area contributed by atoms with Crippen LogP contribution in [-0.4, -0.2) is 61.4 Å². The van der Waals surface area contributed by atoms with Crippen molar-refractivity contribution in [1.29, 1.82) is 0 Å². The van der Waals surface area contributed by atoms with E-state index in [1.54, 1.807) is 12.1 Å². The average Bonchev–Trinajstić information content (AvgIpc) is 2.96. The zero-order valence-electron chi connectivity index (χ0n) is 24.8. The highest BCUT2D eigenvalue weighted by Gasteiger charge is 2.36. The van der Waals surface area contributed by atoms with Crippen LogP contribution in [-0.2, 0) is 15.8 Å². The second-order valence-electron chi connectivity index (χ2n) is 11.9. The minimum atomic E-state index is -4.50. The second-order valence-corrected chi connectivity index (χ2v) is 12.3. The summed E-state index contributed by atoms with van der Waals surface area (Å²) in [6.07, 6.45) is 1.85. The number of hydrogen-bond donors (Lipinski definition) is 3. The summed E-state index contributed by atoms with van der Waals surface area (Å²) < 4.78 is 45.0. The van der Waals surface area contributed by atoms with Crippen molar-refractivity contribution >= 4 is 35.0 Å². The van der Waals surface area contributed by atoms with Crippen LogP contribution >= 0.6 is 11.6 Å². The summed E-state index contributed by atoms with van der Waals surface area (Å²) in [6.45, 7) is 5.74. The number of allylic oxidation sites excluding steroid dienone is 1. The molecule has 44 heavy (non-hydrogen) atoms. The number of alkyl halides is 3. The lowest BCUT2D eigenvalue weighted by molar-refractivity contribution is -0.137. The molecule has 1 saturated heterocycles. The Bertz CT molecular complexity index is 1370. The molecule has 12 heteroatoms. The number of nitrogens with one attached hydrogen (secondary N) is 3. The van der Waals surface area contributed by atoms with E-state index in [1.807, 2.05) is 30.9 Å². The van der Waals surface area contributed by atoms with Crippen molar-refractivity contribution in [1.82, 2.24) is 15.5 Å². The van der Waals surface area contributed by atoms with Crippen LogP contribution in [0, 0.1) is 11.3 Å². The summed E-state index contributed by atoms with van der Waals surface area (Å²) in [5.41, 5.74) is -0.769. The van der Waals surface area contributed by atoms with E-state index in [2.05, 4.69) is 16.0 Å². The van der Waals surface area contributed by atoms with Gasteiger partial charge in [0, 0.05) is 17.3 Å². The number of benzene rings is 2. The van der Waals surface area contributed by atoms with Crippen molar-refractivity contribution in [3.8, 4) is 5.75 Å². The molecule has 2 aliphatic rings. The fraction of sp³-hybridized carbons (Fsp3) is 0.469. The van der Waals surface area contributed by atoms with Crippen molar-refractivity contribution in [3.05, 3.63) is 70.8 Å². The largest absolute Gasteiger partial charge is 0.489 e. The van der Waals surface area contributed by atoms with Crippen LogP contribution in [0.5, 0.6) is 5.75 Å². The van der Waals surface area contributed by atoms with Gasteiger partial charge in [-0.25, -0.2) is 0 Å². The zero-order chi connectivity index (χ0) is 31.9. The Morgan fingerprint density at radius 3 is 2.59 bits per heavy atom. The van der Waals surface area contributed by atoms with Gasteiger partial charge in [0.1, 0.15) is 18.4 Å². The Kier molecular flexibility index (Phi) is 11.0. The molecule has 2 aliphatic heterocycles. The van der Waals surface area contributed by atoms with Gasteiger partial charge in [0.15, 0.2) is 0 Å². The summed E-state index contributed by atoms with van der Waals surface area (Å²) in [7, 11) is 0. The number of hydrogen-bond acceptors (Lipinski definition) is 5. The molecule has 1 spiro atoms. The van der Waals surface area contributed by atoms with Gasteiger partial charge in [-0.15, -0.1) is 0 Å². The maximum Gasteiger partial charge on any atom is 0.416 e. The van der Waals surface area contributed by atoms with Crippen molar-refractivity contribution in [3.63, 3.8) is 0 Å². The number of nitrogens with zero attached hydrogens (tertiary/aromatic N) is 1. The van der Waals surface area contributed by atoms with E-state index >= 15 is 0 Å². The lowest BCUT2D eigenvalue weighted by atomic mass is 9.75. The van der Waals surface area contributed by atoms with Crippen molar-refractivity contribution in [2.24, 2.45) is 11.3 Å². The van der Waals surface area contributed by atoms with E-state index in [1.165, 1.54) is 18.2 Å². The molecular weight excluding hydrogens is 597 g/mol. The lowest BCUT2D eigenvalue weighted by Gasteiger charge is -2.41. The fourth-order valence-corrected chi connectivity index (χ4v) is 5.67. The highest BCUT2D eigenvalue weighted by Crippen LogP contribution is 2.35. The summed E-state index contributed by atoms with van der Waals surface area (Å²) in [5, 5.41) is 8.89. The van der Waals surface area contributed by atoms with E-state index in [4.69, 9.17) is 16.3 Å². The third-order valence-corrected chi connectivity index (χ3v) is 8.20. The van der Waals surface area contributed by atoms with E-state index in [-0.39, 0.29) is 41.6 Å². The number of amides is 3. The standard InChI is InChI=1S/C32H38ClF3N4O4/c1-21(2)16-26-30(43)37-20-31(10-3-4-15-44-27-9-8-23(33)18-25(27)29(42)39-26)11-13-40(14-12-31)19-28(41)38-24-7-5-6-22(17-24)32(34,35)36/h3-9,17-18,21,26H,10-16,19-20H2,1-2H3,(H,37,43)(H,38,41)(H,39,42)/b4-3+/t26-/m0/s1. The first-order chi connectivity index (χ1) is 20.8. The molecule has 238 valence electrons. The minimum absolute atomic E-state index is 0.0360. The number of rotatable bonds is 5. The van der Waals surface area contributed by atoms with Gasteiger partial charge in [0.25, 0.3) is 5.91 Å². The van der Waals surface area contributed by atoms with Crippen LogP contribution < -0.4 is 20.7 Å². The summed E-state index contributed by atoms with van der Waals surface area (Å²) in [6, 6.07) is 8.60. The molecule has 0 radical (unpaired) electrons. The molecule has 0 saturated carbocycles. The van der Waals surface area contributed by atoms with Gasteiger partial charge in [-0.05, 0) is 86.5 Å². The van der Waals surface area contributed by atoms with Gasteiger partial charge in [0.05, 0.1) is 17.7 Å². The molecular formula is C32H38ClF3N4O4. The van der Waals surface area contributed by atoms with Crippen LogP contribution in [0.15, 0.2) is 54.6 Å². The number of likely N-dealkylation sites (tertiary alicyclic amines) is 1. The third kappa shape index (κ3) is 9.22. The molecule has 0 unspecified atom stereocenters. The van der Waals surface area contributed by atoms with Crippen LogP contribution in [0.2, 0.25) is 5.02 Å². The van der Waals surface area contributed by atoms with Crippen LogP contribution in [0.25, 0.3) is 0 Å². The summed E-state index contributed by atoms with van der Waals surface area (Å²) in [4.78, 5) is 41.3. The highest BCUT2D eigenvalue weighted by molar-refractivity contribution is 6.31. The number of fused-ring (bicyclic) bond motifs is 1. The smallest absolute Gasteiger partial charge is 0.416 e. The average molecular weight is 635 g/mol. The molecule has 0 aliphatic carbocycles. The summed E-state index contributed by atoms with van der Waals surface area (Å²) >= 11 is 6.15. The Morgan fingerprint density at radius 1 is 1.14 bits per heavy atom. The van der Waals surface area contributed by atoms with Crippen molar-refractivity contribution in [2.45, 2.75) is 51.7 Å². The first-order valence-corrected chi connectivity index (χ1v) is 15.1. The van der Waals surface area contributed by atoms with Gasteiger partial charge in [0.2, 0.25) is 11.8 Å². The van der Waals surface area contributed by atoms with E-state index in [9.17, 15) is 27.6 Å². The van der Waals surface area contributed by atoms with Gasteiger partial charge in [-0.2, -0.15) is 13.2 Å². The molecule has 1 fully saturated rings. The highest BCUT2D eigenvalue weighted by atomic mass is 35.5. The van der Waals surface area contributed by atoms with Crippen molar-refractivity contribution < 1.29 is 32.3 Å². The molecule has 2 aromatic carbocycles. The minimum Gasteiger partial charge on any atom is -0.489 e.